The lowest BCUT2D eigenvalue weighted by Gasteiger charge is -2.37. The minimum Gasteiger partial charge on any atom is -0.462 e. The summed E-state index contributed by atoms with van der Waals surface area (Å²) < 4.78 is 34.7. The molecule has 1 saturated heterocycles. The summed E-state index contributed by atoms with van der Waals surface area (Å²) in [5, 5.41) is 90.1. The first kappa shape index (κ1) is 59.8. The van der Waals surface area contributed by atoms with Gasteiger partial charge in [-0.1, -0.05) is 133 Å². The molecule has 16 nitrogen and oxygen atoms in total. The topological polar surface area (TPSA) is 270 Å². The summed E-state index contributed by atoms with van der Waals surface area (Å²) in [4.78, 5) is 36.4. The van der Waals surface area contributed by atoms with Crippen molar-refractivity contribution in [3.05, 3.63) is 48.6 Å². The molecular weight excluding hydrogens is 875 g/mol. The van der Waals surface area contributed by atoms with Gasteiger partial charge in [0.15, 0.2) is 6.10 Å². The molecule has 382 valence electrons. The molecule has 0 aromatic heterocycles. The standard InChI is InChI=1S/C49H85O16P/c1-3-5-7-8-9-10-11-12-13-14-15-16-17-18-19-20-25-29-42(53)62-34-37-35-63-66(60,61)65-49-47(58)45(56)39(32-31-36(50)27-23-6-4-2)41(52)33-40(51)38(44(55)46(57)48(49)59)28-24-21-22-26-30-43(54)64-37/h12-13,15-16,18-19,31-32,36-41,44-52,55-59H,3-11,14,17,20-30,33-35H2,1-2H3,(H,60,61)/b13-12-,16-15-,19-18-,32-31+/t36-,37+,38-,39-,40-,41+,44+,45+,46-,47+,48+,49+/m0/s1. The second-order valence-electron chi connectivity index (χ2n) is 17.9. The van der Waals surface area contributed by atoms with Gasteiger partial charge >= 0.3 is 19.8 Å². The van der Waals surface area contributed by atoms with Crippen LogP contribution in [0.5, 0.6) is 0 Å². The number of unbranched alkanes of at least 4 members (excludes halogenated alkanes) is 9. The van der Waals surface area contributed by atoms with Gasteiger partial charge in [0, 0.05) is 31.1 Å². The fourth-order valence-corrected chi connectivity index (χ4v) is 9.14. The number of aliphatic hydroxyl groups excluding tert-OH is 8. The maximum absolute atomic E-state index is 13.5. The van der Waals surface area contributed by atoms with Crippen LogP contribution in [0, 0.1) is 11.8 Å². The summed E-state index contributed by atoms with van der Waals surface area (Å²) in [7, 11) is -5.44. The molecule has 1 unspecified atom stereocenters. The van der Waals surface area contributed by atoms with Crippen molar-refractivity contribution >= 4 is 19.8 Å². The Morgan fingerprint density at radius 1 is 0.742 bits per heavy atom. The quantitative estimate of drug-likeness (QED) is 0.0234. The number of esters is 2. The Morgan fingerprint density at radius 2 is 1.35 bits per heavy atom. The zero-order chi connectivity index (χ0) is 48.7. The Labute approximate surface area is 393 Å². The maximum atomic E-state index is 13.5. The number of hydrogen-bond acceptors (Lipinski definition) is 15. The van der Waals surface area contributed by atoms with E-state index in [9.17, 15) is 59.9 Å². The summed E-state index contributed by atoms with van der Waals surface area (Å²) in [5.74, 6) is -3.94. The summed E-state index contributed by atoms with van der Waals surface area (Å²) in [6, 6.07) is 0. The van der Waals surface area contributed by atoms with Gasteiger partial charge in [0.2, 0.25) is 0 Å². The number of phosphoric ester groups is 1. The van der Waals surface area contributed by atoms with Crippen LogP contribution in [0.4, 0.5) is 0 Å². The van der Waals surface area contributed by atoms with Gasteiger partial charge in [-0.05, 0) is 57.8 Å². The Hall–Kier alpha value is -2.31. The van der Waals surface area contributed by atoms with Crippen LogP contribution in [-0.2, 0) is 32.7 Å². The van der Waals surface area contributed by atoms with Crippen molar-refractivity contribution in [2.45, 2.75) is 223 Å². The zero-order valence-electron chi connectivity index (χ0n) is 39.6. The van der Waals surface area contributed by atoms with Gasteiger partial charge in [-0.25, -0.2) is 4.57 Å². The van der Waals surface area contributed by atoms with E-state index in [1.165, 1.54) is 50.7 Å². The average Bonchev–Trinajstić information content (AvgIpc) is 3.28. The average molecular weight is 961 g/mol. The number of rotatable bonds is 23. The third-order valence-corrected chi connectivity index (χ3v) is 13.2. The third kappa shape index (κ3) is 24.8. The largest absolute Gasteiger partial charge is 0.472 e. The number of carbonyl (C=O) groups is 2. The first-order chi connectivity index (χ1) is 31.6. The molecule has 17 heteroatoms. The number of carbonyl (C=O) groups excluding carboxylic acids is 2. The molecule has 1 heterocycles. The van der Waals surface area contributed by atoms with Crippen LogP contribution in [-0.4, -0.2) is 132 Å². The number of hydrogen-bond donors (Lipinski definition) is 9. The molecule has 0 aromatic rings. The fourth-order valence-electron chi connectivity index (χ4n) is 8.16. The van der Waals surface area contributed by atoms with Crippen molar-refractivity contribution in [3.8, 4) is 0 Å². The lowest BCUT2D eigenvalue weighted by Crippen LogP contribution is -2.55. The molecule has 66 heavy (non-hydrogen) atoms. The second-order valence-corrected chi connectivity index (χ2v) is 19.3. The number of phosphoric acid groups is 1. The van der Waals surface area contributed by atoms with Gasteiger partial charge in [0.1, 0.15) is 31.0 Å². The number of aliphatic hydroxyl groups is 8. The molecule has 0 radical (unpaired) electrons. The number of ether oxygens (including phenoxy) is 2. The first-order valence-electron chi connectivity index (χ1n) is 24.7. The van der Waals surface area contributed by atoms with Crippen LogP contribution in [0.1, 0.15) is 162 Å². The molecule has 1 aliphatic heterocycles. The Bertz CT molecular complexity index is 1470. The smallest absolute Gasteiger partial charge is 0.462 e. The van der Waals surface area contributed by atoms with Crippen LogP contribution in [0.25, 0.3) is 0 Å². The zero-order valence-corrected chi connectivity index (χ0v) is 40.4. The van der Waals surface area contributed by atoms with Crippen LogP contribution >= 0.6 is 7.82 Å². The lowest BCUT2D eigenvalue weighted by molar-refractivity contribution is -0.167. The summed E-state index contributed by atoms with van der Waals surface area (Å²) in [6.45, 7) is 2.81. The Morgan fingerprint density at radius 3 is 2.05 bits per heavy atom. The third-order valence-electron chi connectivity index (χ3n) is 12.2. The van der Waals surface area contributed by atoms with E-state index < -0.39 is 112 Å². The molecule has 2 aliphatic rings. The molecule has 2 rings (SSSR count). The highest BCUT2D eigenvalue weighted by Gasteiger charge is 2.49. The number of fused-ring (bicyclic) bond motifs is 4. The van der Waals surface area contributed by atoms with Crippen molar-refractivity contribution in [1.82, 2.24) is 0 Å². The van der Waals surface area contributed by atoms with Crippen molar-refractivity contribution < 1.29 is 78.4 Å². The highest BCUT2D eigenvalue weighted by molar-refractivity contribution is 7.47. The normalized spacial score (nSPS) is 32.2. The number of allylic oxidation sites excluding steroid dienone is 6. The van der Waals surface area contributed by atoms with Gasteiger partial charge in [-0.15, -0.1) is 0 Å². The van der Waals surface area contributed by atoms with E-state index in [-0.39, 0.29) is 19.3 Å². The number of cyclic esters (lactones) is 1. The van der Waals surface area contributed by atoms with Gasteiger partial charge in [-0.2, -0.15) is 0 Å². The minimum absolute atomic E-state index is 0.0429. The van der Waals surface area contributed by atoms with Gasteiger partial charge in [-0.3, -0.25) is 18.6 Å². The summed E-state index contributed by atoms with van der Waals surface area (Å²) in [6.07, 6.45) is 12.0. The Kier molecular flexibility index (Phi) is 31.6. The van der Waals surface area contributed by atoms with Crippen LogP contribution in [0.2, 0.25) is 0 Å². The molecular formula is C49H85O16P. The van der Waals surface area contributed by atoms with E-state index in [2.05, 4.69) is 31.2 Å². The van der Waals surface area contributed by atoms with E-state index in [1.54, 1.807) is 0 Å². The molecule has 0 spiro atoms. The van der Waals surface area contributed by atoms with Gasteiger partial charge in [0.05, 0.1) is 37.1 Å². The first-order valence-corrected chi connectivity index (χ1v) is 26.2. The molecule has 0 aromatic carbocycles. The second kappa shape index (κ2) is 34.9. The summed E-state index contributed by atoms with van der Waals surface area (Å²) in [5.41, 5.74) is 0. The minimum atomic E-state index is -5.44. The van der Waals surface area contributed by atoms with E-state index >= 15 is 0 Å². The highest BCUT2D eigenvalue weighted by atomic mass is 31.2. The van der Waals surface area contributed by atoms with E-state index in [0.717, 1.165) is 32.1 Å². The highest BCUT2D eigenvalue weighted by Crippen LogP contribution is 2.47. The summed E-state index contributed by atoms with van der Waals surface area (Å²) >= 11 is 0. The van der Waals surface area contributed by atoms with E-state index in [0.29, 0.717) is 51.4 Å². The molecule has 0 amide bonds. The lowest BCUT2D eigenvalue weighted by atomic mass is 9.82. The van der Waals surface area contributed by atoms with Crippen LogP contribution in [0.15, 0.2) is 48.6 Å². The van der Waals surface area contributed by atoms with Crippen molar-refractivity contribution in [2.75, 3.05) is 13.2 Å². The van der Waals surface area contributed by atoms with Crippen molar-refractivity contribution in [2.24, 2.45) is 11.8 Å². The van der Waals surface area contributed by atoms with Crippen molar-refractivity contribution in [1.29, 1.82) is 0 Å². The van der Waals surface area contributed by atoms with Crippen LogP contribution in [0.3, 0.4) is 0 Å². The van der Waals surface area contributed by atoms with Crippen LogP contribution < -0.4 is 0 Å². The molecule has 2 bridgehead atoms. The van der Waals surface area contributed by atoms with Gasteiger partial charge in [0.25, 0.3) is 0 Å². The monoisotopic (exact) mass is 961 g/mol. The fraction of sp³-hybridized carbons (Fsp3) is 0.796. The van der Waals surface area contributed by atoms with Gasteiger partial charge < -0.3 is 55.2 Å². The van der Waals surface area contributed by atoms with E-state index in [1.807, 2.05) is 19.1 Å². The predicted molar refractivity (Wildman–Crippen MR) is 251 cm³/mol. The van der Waals surface area contributed by atoms with E-state index in [4.69, 9.17) is 18.5 Å². The van der Waals surface area contributed by atoms with Crippen molar-refractivity contribution in [3.63, 3.8) is 0 Å². The molecule has 13 atom stereocenters. The maximum Gasteiger partial charge on any atom is 0.472 e. The molecule has 1 aliphatic carbocycles. The molecule has 2 fully saturated rings. The SMILES string of the molecule is CCCCCCCC/C=C\C/C=C\C/C=C\CCCC(=O)OC[C@@H]1COP(=O)(O)O[C@H]2[C@H](O)[C@@H](O)[C@H](O)[C@@H](CCCCCCC(=O)O1)[C@@H](O)C[C@@H](O)[C@H](/C=C/[C@@H](O)CCCCC)[C@@H](O)[C@H]2O. The Balaban J connectivity index is 2.13. The molecule has 1 saturated carbocycles. The molecule has 9 N–H and O–H groups in total. The predicted octanol–water partition coefficient (Wildman–Crippen LogP) is 6.33.